The van der Waals surface area contributed by atoms with E-state index >= 15 is 0 Å². The quantitative estimate of drug-likeness (QED) is 0.529. The molecule has 2 aromatic carbocycles. The number of aromatic hydroxyl groups is 1. The second-order valence-electron chi connectivity index (χ2n) is 8.64. The first-order valence-corrected chi connectivity index (χ1v) is 11.5. The van der Waals surface area contributed by atoms with Crippen molar-refractivity contribution in [3.8, 4) is 11.5 Å². The maximum Gasteiger partial charge on any atom is 0.229 e. The van der Waals surface area contributed by atoms with Gasteiger partial charge in [0.1, 0.15) is 35.9 Å². The Kier molecular flexibility index (Phi) is 7.67. The van der Waals surface area contributed by atoms with Crippen LogP contribution in [0.25, 0.3) is 5.57 Å². The fourth-order valence-electron chi connectivity index (χ4n) is 4.71. The summed E-state index contributed by atoms with van der Waals surface area (Å²) < 4.78 is 16.6. The van der Waals surface area contributed by atoms with Crippen molar-refractivity contribution in [1.82, 2.24) is 0 Å². The lowest BCUT2D eigenvalue weighted by molar-refractivity contribution is -0.281. The average Bonchev–Trinajstić information content (AvgIpc) is 2.85. The lowest BCUT2D eigenvalue weighted by Gasteiger charge is -2.41. The number of phenols is 1. The number of ether oxygens (including phenoxy) is 3. The Morgan fingerprint density at radius 1 is 0.909 bits per heavy atom. The number of aliphatic hydroxyl groups excluding tert-OH is 3. The molecule has 0 aromatic heterocycles. The fourth-order valence-corrected chi connectivity index (χ4v) is 4.71. The van der Waals surface area contributed by atoms with Crippen LogP contribution in [-0.4, -0.2) is 64.8 Å². The molecule has 1 saturated heterocycles. The van der Waals surface area contributed by atoms with E-state index < -0.39 is 30.7 Å². The van der Waals surface area contributed by atoms with Gasteiger partial charge in [-0.05, 0) is 66.6 Å². The molecule has 2 fully saturated rings. The van der Waals surface area contributed by atoms with Gasteiger partial charge >= 0.3 is 0 Å². The standard InChI is InChI=1S/C26H32O7/c1-31-25-21(15-27)33-26(24(30)23(25)29)32-20-13-9-18(10-14-20)22(16-5-3-2-4-6-16)17-7-11-19(28)12-8-17/h7-14,21,23-30H,2-6,15H2,1H3/t21-,23+,24-,25-,26+/m1/s1. The van der Waals surface area contributed by atoms with E-state index in [9.17, 15) is 20.4 Å². The molecule has 5 atom stereocenters. The van der Waals surface area contributed by atoms with Gasteiger partial charge in [-0.1, -0.05) is 36.3 Å². The van der Waals surface area contributed by atoms with Gasteiger partial charge in [-0.25, -0.2) is 0 Å². The normalized spacial score (nSPS) is 27.9. The first-order valence-electron chi connectivity index (χ1n) is 11.5. The van der Waals surface area contributed by atoms with E-state index in [0.717, 1.165) is 24.0 Å². The van der Waals surface area contributed by atoms with Gasteiger partial charge in [-0.15, -0.1) is 0 Å². The summed E-state index contributed by atoms with van der Waals surface area (Å²) in [6.45, 7) is -0.370. The number of benzene rings is 2. The van der Waals surface area contributed by atoms with Gasteiger partial charge in [0.2, 0.25) is 6.29 Å². The van der Waals surface area contributed by atoms with Crippen LogP contribution in [0.3, 0.4) is 0 Å². The minimum Gasteiger partial charge on any atom is -0.508 e. The molecule has 1 heterocycles. The SMILES string of the molecule is CO[C@H]1[C@@H](O)[C@@H](O)[C@@H](Oc2ccc(C(=C3CCCCC3)c3ccc(O)cc3)cc2)O[C@@H]1CO. The van der Waals surface area contributed by atoms with Crippen LogP contribution in [0.15, 0.2) is 54.1 Å². The summed E-state index contributed by atoms with van der Waals surface area (Å²) in [6.07, 6.45) is 0.330. The highest BCUT2D eigenvalue weighted by Gasteiger charge is 2.45. The highest BCUT2D eigenvalue weighted by molar-refractivity contribution is 5.82. The monoisotopic (exact) mass is 456 g/mol. The van der Waals surface area contributed by atoms with E-state index in [4.69, 9.17) is 14.2 Å². The van der Waals surface area contributed by atoms with Crippen molar-refractivity contribution in [2.45, 2.75) is 62.8 Å². The van der Waals surface area contributed by atoms with Crippen molar-refractivity contribution >= 4 is 5.57 Å². The predicted molar refractivity (Wildman–Crippen MR) is 123 cm³/mol. The number of hydrogen-bond acceptors (Lipinski definition) is 7. The Balaban J connectivity index is 1.56. The summed E-state index contributed by atoms with van der Waals surface area (Å²) >= 11 is 0. The third kappa shape index (κ3) is 5.23. The topological polar surface area (TPSA) is 109 Å². The summed E-state index contributed by atoms with van der Waals surface area (Å²) in [5.74, 6) is 0.710. The molecule has 0 unspecified atom stereocenters. The molecule has 1 aliphatic heterocycles. The van der Waals surface area contributed by atoms with Crippen LogP contribution in [0.5, 0.6) is 11.5 Å². The number of rotatable bonds is 6. The van der Waals surface area contributed by atoms with Crippen molar-refractivity contribution in [3.05, 3.63) is 65.2 Å². The van der Waals surface area contributed by atoms with Crippen molar-refractivity contribution in [3.63, 3.8) is 0 Å². The maximum atomic E-state index is 10.4. The van der Waals surface area contributed by atoms with Crippen LogP contribution >= 0.6 is 0 Å². The maximum absolute atomic E-state index is 10.4. The molecule has 0 radical (unpaired) electrons. The average molecular weight is 457 g/mol. The molecule has 4 N–H and O–H groups in total. The third-order valence-corrected chi connectivity index (χ3v) is 6.45. The fraction of sp³-hybridized carbons (Fsp3) is 0.462. The smallest absolute Gasteiger partial charge is 0.229 e. The Morgan fingerprint density at radius 2 is 1.52 bits per heavy atom. The molecular weight excluding hydrogens is 424 g/mol. The van der Waals surface area contributed by atoms with Gasteiger partial charge in [-0.2, -0.15) is 0 Å². The van der Waals surface area contributed by atoms with Gasteiger partial charge in [-0.3, -0.25) is 0 Å². The lowest BCUT2D eigenvalue weighted by Crippen LogP contribution is -2.60. The Bertz CT molecular complexity index is 928. The van der Waals surface area contributed by atoms with Gasteiger partial charge in [0.05, 0.1) is 6.61 Å². The number of allylic oxidation sites excluding steroid dienone is 1. The second kappa shape index (κ2) is 10.7. The lowest BCUT2D eigenvalue weighted by atomic mass is 9.85. The highest BCUT2D eigenvalue weighted by Crippen LogP contribution is 2.36. The third-order valence-electron chi connectivity index (χ3n) is 6.45. The summed E-state index contributed by atoms with van der Waals surface area (Å²) in [5.41, 5.74) is 4.69. The molecule has 178 valence electrons. The molecule has 4 rings (SSSR count). The van der Waals surface area contributed by atoms with Crippen molar-refractivity contribution in [1.29, 1.82) is 0 Å². The number of methoxy groups -OCH3 is 1. The van der Waals surface area contributed by atoms with Crippen molar-refractivity contribution < 1.29 is 34.6 Å². The first-order chi connectivity index (χ1) is 16.0. The predicted octanol–water partition coefficient (Wildman–Crippen LogP) is 2.99. The molecule has 1 saturated carbocycles. The van der Waals surface area contributed by atoms with Gasteiger partial charge in [0, 0.05) is 7.11 Å². The molecule has 33 heavy (non-hydrogen) atoms. The summed E-state index contributed by atoms with van der Waals surface area (Å²) in [7, 11) is 1.39. The van der Waals surface area contributed by atoms with Crippen LogP contribution in [0.2, 0.25) is 0 Å². The van der Waals surface area contributed by atoms with Gasteiger partial charge in [0.25, 0.3) is 0 Å². The van der Waals surface area contributed by atoms with Crippen molar-refractivity contribution in [2.24, 2.45) is 0 Å². The van der Waals surface area contributed by atoms with E-state index in [-0.39, 0.29) is 12.4 Å². The molecule has 2 aromatic rings. The minimum atomic E-state index is -1.32. The largest absolute Gasteiger partial charge is 0.508 e. The number of hydrogen-bond donors (Lipinski definition) is 4. The molecule has 0 spiro atoms. The molecule has 2 aliphatic rings. The van der Waals surface area contributed by atoms with Crippen molar-refractivity contribution in [2.75, 3.05) is 13.7 Å². The van der Waals surface area contributed by atoms with Gasteiger partial charge < -0.3 is 34.6 Å². The highest BCUT2D eigenvalue weighted by atomic mass is 16.7. The van der Waals surface area contributed by atoms with Crippen LogP contribution in [0, 0.1) is 0 Å². The van der Waals surface area contributed by atoms with E-state index in [1.807, 2.05) is 24.3 Å². The zero-order valence-corrected chi connectivity index (χ0v) is 18.8. The zero-order chi connectivity index (χ0) is 23.4. The molecular formula is C26H32O7. The van der Waals surface area contributed by atoms with E-state index in [1.165, 1.54) is 37.5 Å². The number of phenolic OH excluding ortho intramolecular Hbond substituents is 1. The summed E-state index contributed by atoms with van der Waals surface area (Å²) in [6, 6.07) is 14.8. The van der Waals surface area contributed by atoms with Crippen LogP contribution < -0.4 is 4.74 Å². The molecule has 0 amide bonds. The molecule has 0 bridgehead atoms. The van der Waals surface area contributed by atoms with Crippen LogP contribution in [0.1, 0.15) is 43.2 Å². The Hall–Kier alpha value is -2.42. The van der Waals surface area contributed by atoms with E-state index in [1.54, 1.807) is 24.3 Å². The van der Waals surface area contributed by atoms with Crippen LogP contribution in [0.4, 0.5) is 0 Å². The Morgan fingerprint density at radius 3 is 2.09 bits per heavy atom. The first kappa shape index (κ1) is 23.7. The Labute approximate surface area is 193 Å². The van der Waals surface area contributed by atoms with Crippen LogP contribution in [-0.2, 0) is 9.47 Å². The second-order valence-corrected chi connectivity index (χ2v) is 8.64. The van der Waals surface area contributed by atoms with E-state index in [2.05, 4.69) is 0 Å². The minimum absolute atomic E-state index is 0.237. The zero-order valence-electron chi connectivity index (χ0n) is 18.8. The van der Waals surface area contributed by atoms with Gasteiger partial charge in [0.15, 0.2) is 0 Å². The number of aliphatic hydroxyl groups is 3. The summed E-state index contributed by atoms with van der Waals surface area (Å²) in [5, 5.41) is 40.0. The summed E-state index contributed by atoms with van der Waals surface area (Å²) in [4.78, 5) is 0. The molecule has 1 aliphatic carbocycles. The molecule has 7 heteroatoms. The van der Waals surface area contributed by atoms with E-state index in [0.29, 0.717) is 5.75 Å². The molecule has 7 nitrogen and oxygen atoms in total.